The third kappa shape index (κ3) is 2.91. The van der Waals surface area contributed by atoms with Crippen LogP contribution >= 0.6 is 0 Å². The summed E-state index contributed by atoms with van der Waals surface area (Å²) in [4.78, 5) is 4.23. The number of rotatable bonds is 3. The Bertz CT molecular complexity index is 434. The largest absolute Gasteiger partial charge is 0.474 e. The van der Waals surface area contributed by atoms with E-state index in [0.717, 1.165) is 6.42 Å². The topological polar surface area (TPSA) is 80.7 Å². The lowest BCUT2D eigenvalue weighted by Gasteiger charge is -2.28. The van der Waals surface area contributed by atoms with Crippen molar-refractivity contribution in [3.63, 3.8) is 0 Å². The van der Waals surface area contributed by atoms with Gasteiger partial charge in [-0.25, -0.2) is 4.98 Å². The van der Waals surface area contributed by atoms with Crippen LogP contribution in [0.1, 0.15) is 38.3 Å². The zero-order valence-electron chi connectivity index (χ0n) is 10.5. The zero-order chi connectivity index (χ0) is 13.0. The van der Waals surface area contributed by atoms with Crippen molar-refractivity contribution < 1.29 is 9.94 Å². The Labute approximate surface area is 107 Å². The molecule has 0 aromatic carbocycles. The number of hydrogen-bond acceptors (Lipinski definition) is 4. The molecule has 3 N–H and O–H groups in total. The lowest BCUT2D eigenvalue weighted by Crippen LogP contribution is -2.28. The van der Waals surface area contributed by atoms with Crippen LogP contribution in [0.4, 0.5) is 0 Å². The second kappa shape index (κ2) is 5.71. The molecule has 1 saturated carbocycles. The van der Waals surface area contributed by atoms with Gasteiger partial charge in [0.15, 0.2) is 5.84 Å². The molecule has 0 spiro atoms. The first-order valence-electron chi connectivity index (χ1n) is 6.32. The van der Waals surface area contributed by atoms with Crippen LogP contribution < -0.4 is 10.5 Å². The summed E-state index contributed by atoms with van der Waals surface area (Å²) < 4.78 is 5.90. The number of hydrogen-bond donors (Lipinski definition) is 2. The molecule has 1 fully saturated rings. The summed E-state index contributed by atoms with van der Waals surface area (Å²) in [6.45, 7) is 2.21. The highest BCUT2D eigenvalue weighted by Crippen LogP contribution is 2.27. The monoisotopic (exact) mass is 249 g/mol. The third-order valence-electron chi connectivity index (χ3n) is 3.40. The quantitative estimate of drug-likeness (QED) is 0.372. The minimum absolute atomic E-state index is 0.00265. The van der Waals surface area contributed by atoms with Gasteiger partial charge in [0, 0.05) is 6.07 Å². The van der Waals surface area contributed by atoms with Crippen molar-refractivity contribution in [1.29, 1.82) is 0 Å². The molecule has 2 rings (SSSR count). The summed E-state index contributed by atoms with van der Waals surface area (Å²) in [5, 5.41) is 11.6. The summed E-state index contributed by atoms with van der Waals surface area (Å²) in [5.74, 6) is 1.09. The molecule has 5 nitrogen and oxygen atoms in total. The number of nitrogens with two attached hydrogens (primary N) is 1. The molecule has 1 heterocycles. The average molecular weight is 249 g/mol. The minimum Gasteiger partial charge on any atom is -0.474 e. The van der Waals surface area contributed by atoms with Gasteiger partial charge in [0.2, 0.25) is 5.88 Å². The van der Waals surface area contributed by atoms with Crippen LogP contribution in [0.3, 0.4) is 0 Å². The fourth-order valence-corrected chi connectivity index (χ4v) is 2.29. The van der Waals surface area contributed by atoms with E-state index < -0.39 is 0 Å². The molecule has 98 valence electrons. The Morgan fingerprint density at radius 3 is 2.94 bits per heavy atom. The Kier molecular flexibility index (Phi) is 4.02. The Balaban J connectivity index is 2.09. The molecule has 2 atom stereocenters. The Morgan fingerprint density at radius 2 is 2.22 bits per heavy atom. The molecule has 0 amide bonds. The fraction of sp³-hybridized carbons (Fsp3) is 0.538. The van der Waals surface area contributed by atoms with Crippen molar-refractivity contribution in [1.82, 2.24) is 4.98 Å². The summed E-state index contributed by atoms with van der Waals surface area (Å²) >= 11 is 0. The predicted octanol–water partition coefficient (Wildman–Crippen LogP) is 2.13. The van der Waals surface area contributed by atoms with Crippen LogP contribution in [0, 0.1) is 5.92 Å². The lowest BCUT2D eigenvalue weighted by molar-refractivity contribution is 0.0975. The number of pyridine rings is 1. The van der Waals surface area contributed by atoms with Crippen LogP contribution in [0.25, 0.3) is 0 Å². The van der Waals surface area contributed by atoms with Crippen LogP contribution in [0.5, 0.6) is 5.88 Å². The molecule has 0 bridgehead atoms. The highest BCUT2D eigenvalue weighted by Gasteiger charge is 2.23. The van der Waals surface area contributed by atoms with Crippen LogP contribution in [0.2, 0.25) is 0 Å². The van der Waals surface area contributed by atoms with Gasteiger partial charge in [0.25, 0.3) is 0 Å². The highest BCUT2D eigenvalue weighted by molar-refractivity contribution is 5.95. The van der Waals surface area contributed by atoms with Crippen molar-refractivity contribution >= 4 is 5.84 Å². The van der Waals surface area contributed by atoms with Crippen molar-refractivity contribution in [3.8, 4) is 5.88 Å². The summed E-state index contributed by atoms with van der Waals surface area (Å²) in [7, 11) is 0. The maximum absolute atomic E-state index is 8.62. The molecule has 18 heavy (non-hydrogen) atoms. The number of aromatic nitrogens is 1. The predicted molar refractivity (Wildman–Crippen MR) is 68.8 cm³/mol. The average Bonchev–Trinajstić information content (AvgIpc) is 2.41. The molecule has 0 radical (unpaired) electrons. The second-order valence-corrected chi connectivity index (χ2v) is 4.76. The molecule has 5 heteroatoms. The van der Waals surface area contributed by atoms with Crippen molar-refractivity contribution in [3.05, 3.63) is 23.9 Å². The zero-order valence-corrected chi connectivity index (χ0v) is 10.5. The van der Waals surface area contributed by atoms with E-state index in [1.165, 1.54) is 19.3 Å². The van der Waals surface area contributed by atoms with Gasteiger partial charge in [0.1, 0.15) is 11.8 Å². The van der Waals surface area contributed by atoms with Gasteiger partial charge in [-0.3, -0.25) is 0 Å². The number of nitrogens with zero attached hydrogens (tertiary/aromatic N) is 2. The van der Waals surface area contributed by atoms with Crippen LogP contribution in [-0.2, 0) is 0 Å². The Hall–Kier alpha value is -1.78. The van der Waals surface area contributed by atoms with E-state index in [1.807, 2.05) is 0 Å². The van der Waals surface area contributed by atoms with Gasteiger partial charge < -0.3 is 15.7 Å². The van der Waals surface area contributed by atoms with E-state index in [9.17, 15) is 0 Å². The van der Waals surface area contributed by atoms with Gasteiger partial charge in [-0.1, -0.05) is 24.6 Å². The SMILES string of the molecule is CC1CCCCC1Oc1cccc(C(N)=NO)n1. The highest BCUT2D eigenvalue weighted by atomic mass is 16.5. The maximum Gasteiger partial charge on any atom is 0.214 e. The normalized spacial score (nSPS) is 24.8. The molecule has 1 aromatic rings. The molecule has 1 aliphatic rings. The molecule has 1 aliphatic carbocycles. The van der Waals surface area contributed by atoms with E-state index in [0.29, 0.717) is 17.5 Å². The summed E-state index contributed by atoms with van der Waals surface area (Å²) in [6.07, 6.45) is 4.96. The van der Waals surface area contributed by atoms with Gasteiger partial charge in [-0.05, 0) is 31.2 Å². The Morgan fingerprint density at radius 1 is 1.44 bits per heavy atom. The van der Waals surface area contributed by atoms with E-state index in [4.69, 9.17) is 15.7 Å². The van der Waals surface area contributed by atoms with Gasteiger partial charge >= 0.3 is 0 Å². The molecule has 0 saturated heterocycles. The lowest BCUT2D eigenvalue weighted by atomic mass is 9.88. The minimum atomic E-state index is -0.00265. The standard InChI is InChI=1S/C13H19N3O2/c1-9-5-2-3-7-11(9)18-12-8-4-6-10(15-12)13(14)16-17/h4,6,8-9,11,17H,2-3,5,7H2,1H3,(H2,14,16). The molecule has 1 aromatic heterocycles. The van der Waals surface area contributed by atoms with Gasteiger partial charge in [-0.15, -0.1) is 0 Å². The van der Waals surface area contributed by atoms with E-state index >= 15 is 0 Å². The molecular weight excluding hydrogens is 230 g/mol. The smallest absolute Gasteiger partial charge is 0.214 e. The van der Waals surface area contributed by atoms with Crippen molar-refractivity contribution in [2.45, 2.75) is 38.7 Å². The van der Waals surface area contributed by atoms with Crippen LogP contribution in [-0.4, -0.2) is 22.1 Å². The van der Waals surface area contributed by atoms with E-state index in [2.05, 4.69) is 17.1 Å². The molecule has 2 unspecified atom stereocenters. The van der Waals surface area contributed by atoms with Gasteiger partial charge in [0.05, 0.1) is 0 Å². The summed E-state index contributed by atoms with van der Waals surface area (Å²) in [6, 6.07) is 5.28. The van der Waals surface area contributed by atoms with E-state index in [-0.39, 0.29) is 11.9 Å². The molecular formula is C13H19N3O2. The third-order valence-corrected chi connectivity index (χ3v) is 3.40. The maximum atomic E-state index is 8.62. The number of amidine groups is 1. The first kappa shape index (κ1) is 12.7. The molecule has 0 aliphatic heterocycles. The summed E-state index contributed by atoms with van der Waals surface area (Å²) in [5.41, 5.74) is 5.93. The van der Waals surface area contributed by atoms with E-state index in [1.54, 1.807) is 18.2 Å². The first-order valence-corrected chi connectivity index (χ1v) is 6.32. The number of ether oxygens (including phenoxy) is 1. The van der Waals surface area contributed by atoms with Crippen molar-refractivity contribution in [2.24, 2.45) is 16.8 Å². The second-order valence-electron chi connectivity index (χ2n) is 4.76. The number of oxime groups is 1. The fourth-order valence-electron chi connectivity index (χ4n) is 2.29. The first-order chi connectivity index (χ1) is 8.70. The van der Waals surface area contributed by atoms with Gasteiger partial charge in [-0.2, -0.15) is 0 Å². The van der Waals surface area contributed by atoms with Crippen LogP contribution in [0.15, 0.2) is 23.4 Å². The van der Waals surface area contributed by atoms with Crippen molar-refractivity contribution in [2.75, 3.05) is 0 Å².